The van der Waals surface area contributed by atoms with Gasteiger partial charge in [0.05, 0.1) is 12.8 Å². The summed E-state index contributed by atoms with van der Waals surface area (Å²) in [6, 6.07) is 23.5. The summed E-state index contributed by atoms with van der Waals surface area (Å²) in [5.74, 6) is 0.567. The first-order valence-corrected chi connectivity index (χ1v) is 11.0. The number of benzene rings is 3. The maximum atomic E-state index is 12.3. The lowest BCUT2D eigenvalue weighted by Crippen LogP contribution is -2.20. The highest BCUT2D eigenvalue weighted by Gasteiger charge is 2.11. The van der Waals surface area contributed by atoms with Gasteiger partial charge < -0.3 is 14.8 Å². The molecular formula is C25H21N3O4S. The molecule has 0 aliphatic heterocycles. The van der Waals surface area contributed by atoms with Gasteiger partial charge in [-0.05, 0) is 36.4 Å². The van der Waals surface area contributed by atoms with Crippen LogP contribution in [0.2, 0.25) is 0 Å². The molecule has 3 aromatic carbocycles. The molecule has 4 aromatic rings. The van der Waals surface area contributed by atoms with Crippen molar-refractivity contribution in [2.45, 2.75) is 0 Å². The third-order valence-corrected chi connectivity index (χ3v) is 5.41. The molecule has 166 valence electrons. The van der Waals surface area contributed by atoms with Gasteiger partial charge >= 0.3 is 0 Å². The molecule has 0 atom stereocenters. The standard InChI is InChI=1S/C25H21N3O4S/c1-31-21-9-5-6-10-22(21)32-15-23(29)28-25-27-20(16-33-25)17-11-13-19(14-12-17)26-24(30)18-7-3-2-4-8-18/h2-14,16H,15H2,1H3,(H,26,30)(H,27,28,29). The number of nitrogens with one attached hydrogen (secondary N) is 2. The number of amides is 2. The van der Waals surface area contributed by atoms with Gasteiger partial charge in [0.15, 0.2) is 23.2 Å². The minimum absolute atomic E-state index is 0.162. The first kappa shape index (κ1) is 22.0. The number of carbonyl (C=O) groups is 2. The number of aromatic nitrogens is 1. The van der Waals surface area contributed by atoms with E-state index in [9.17, 15) is 9.59 Å². The molecule has 0 spiro atoms. The second kappa shape index (κ2) is 10.4. The van der Waals surface area contributed by atoms with Crippen molar-refractivity contribution in [3.63, 3.8) is 0 Å². The van der Waals surface area contributed by atoms with E-state index >= 15 is 0 Å². The Balaban J connectivity index is 1.33. The second-order valence-corrected chi connectivity index (χ2v) is 7.78. The van der Waals surface area contributed by atoms with Crippen LogP contribution >= 0.6 is 11.3 Å². The summed E-state index contributed by atoms with van der Waals surface area (Å²) in [5.41, 5.74) is 2.87. The average Bonchev–Trinajstić information content (AvgIpc) is 3.32. The predicted molar refractivity (Wildman–Crippen MR) is 129 cm³/mol. The van der Waals surface area contributed by atoms with E-state index in [1.54, 1.807) is 37.4 Å². The number of ether oxygens (including phenoxy) is 2. The van der Waals surface area contributed by atoms with Crippen molar-refractivity contribution in [1.29, 1.82) is 0 Å². The van der Waals surface area contributed by atoms with Crippen LogP contribution in [0, 0.1) is 0 Å². The minimum atomic E-state index is -0.319. The maximum absolute atomic E-state index is 12.3. The Morgan fingerprint density at radius 2 is 1.58 bits per heavy atom. The van der Waals surface area contributed by atoms with E-state index in [0.29, 0.717) is 27.9 Å². The molecule has 4 rings (SSSR count). The molecule has 0 radical (unpaired) electrons. The number of nitrogens with zero attached hydrogens (tertiary/aromatic N) is 1. The third kappa shape index (κ3) is 5.75. The first-order valence-electron chi connectivity index (χ1n) is 10.1. The third-order valence-electron chi connectivity index (χ3n) is 4.65. The molecule has 0 bridgehead atoms. The minimum Gasteiger partial charge on any atom is -0.493 e. The summed E-state index contributed by atoms with van der Waals surface area (Å²) in [4.78, 5) is 29.0. The Morgan fingerprint density at radius 3 is 2.30 bits per heavy atom. The predicted octanol–water partition coefficient (Wildman–Crippen LogP) is 5.09. The highest BCUT2D eigenvalue weighted by molar-refractivity contribution is 7.14. The Morgan fingerprint density at radius 1 is 0.879 bits per heavy atom. The molecule has 2 N–H and O–H groups in total. The van der Waals surface area contributed by atoms with E-state index in [4.69, 9.17) is 9.47 Å². The van der Waals surface area contributed by atoms with Gasteiger partial charge in [0.2, 0.25) is 0 Å². The Labute approximate surface area is 195 Å². The number of methoxy groups -OCH3 is 1. The number of para-hydroxylation sites is 2. The van der Waals surface area contributed by atoms with E-state index in [0.717, 1.165) is 11.3 Å². The largest absolute Gasteiger partial charge is 0.493 e. The molecule has 0 unspecified atom stereocenters. The van der Waals surface area contributed by atoms with Gasteiger partial charge in [-0.15, -0.1) is 11.3 Å². The van der Waals surface area contributed by atoms with E-state index in [1.165, 1.54) is 11.3 Å². The van der Waals surface area contributed by atoms with Gasteiger partial charge in [-0.1, -0.05) is 42.5 Å². The summed E-state index contributed by atoms with van der Waals surface area (Å²) >= 11 is 1.32. The number of hydrogen-bond donors (Lipinski definition) is 2. The van der Waals surface area contributed by atoms with E-state index in [2.05, 4.69) is 15.6 Å². The smallest absolute Gasteiger partial charge is 0.264 e. The summed E-state index contributed by atoms with van der Waals surface area (Å²) < 4.78 is 10.7. The lowest BCUT2D eigenvalue weighted by Gasteiger charge is -2.09. The average molecular weight is 460 g/mol. The Kier molecular flexibility index (Phi) is 6.96. The SMILES string of the molecule is COc1ccccc1OCC(=O)Nc1nc(-c2ccc(NC(=O)c3ccccc3)cc2)cs1. The van der Waals surface area contributed by atoms with Gasteiger partial charge in [0, 0.05) is 22.2 Å². The van der Waals surface area contributed by atoms with Crippen LogP contribution < -0.4 is 20.1 Å². The van der Waals surface area contributed by atoms with Crippen LogP contribution in [-0.4, -0.2) is 30.5 Å². The topological polar surface area (TPSA) is 89.6 Å². The van der Waals surface area contributed by atoms with Gasteiger partial charge in [0.25, 0.3) is 11.8 Å². The molecule has 7 nitrogen and oxygen atoms in total. The van der Waals surface area contributed by atoms with Crippen molar-refractivity contribution >= 4 is 34.0 Å². The number of hydrogen-bond acceptors (Lipinski definition) is 6. The molecule has 1 aromatic heterocycles. The molecule has 0 fully saturated rings. The lowest BCUT2D eigenvalue weighted by molar-refractivity contribution is -0.118. The number of anilines is 2. The van der Waals surface area contributed by atoms with Gasteiger partial charge in [-0.3, -0.25) is 14.9 Å². The van der Waals surface area contributed by atoms with Crippen LogP contribution in [0.4, 0.5) is 10.8 Å². The van der Waals surface area contributed by atoms with Crippen molar-refractivity contribution < 1.29 is 19.1 Å². The molecule has 1 heterocycles. The fourth-order valence-corrected chi connectivity index (χ4v) is 3.75. The van der Waals surface area contributed by atoms with Gasteiger partial charge in [-0.2, -0.15) is 0 Å². The zero-order valence-electron chi connectivity index (χ0n) is 17.8. The molecular weight excluding hydrogens is 438 g/mol. The van der Waals surface area contributed by atoms with E-state index in [-0.39, 0.29) is 18.4 Å². The molecule has 33 heavy (non-hydrogen) atoms. The zero-order chi connectivity index (χ0) is 23.0. The summed E-state index contributed by atoms with van der Waals surface area (Å²) in [6.45, 7) is -0.162. The molecule has 0 saturated carbocycles. The quantitative estimate of drug-likeness (QED) is 0.383. The van der Waals surface area contributed by atoms with E-state index < -0.39 is 0 Å². The highest BCUT2D eigenvalue weighted by Crippen LogP contribution is 2.27. The van der Waals surface area contributed by atoms with Crippen molar-refractivity contribution in [2.24, 2.45) is 0 Å². The summed E-state index contributed by atoms with van der Waals surface area (Å²) in [7, 11) is 1.54. The van der Waals surface area contributed by atoms with Crippen LogP contribution in [0.5, 0.6) is 11.5 Å². The number of thiazole rings is 1. The monoisotopic (exact) mass is 459 g/mol. The van der Waals surface area contributed by atoms with Crippen LogP contribution in [-0.2, 0) is 4.79 Å². The zero-order valence-corrected chi connectivity index (χ0v) is 18.6. The van der Waals surface area contributed by atoms with Crippen molar-refractivity contribution in [1.82, 2.24) is 4.98 Å². The fraction of sp³-hybridized carbons (Fsp3) is 0.0800. The van der Waals surface area contributed by atoms with E-state index in [1.807, 2.05) is 53.9 Å². The second-order valence-electron chi connectivity index (χ2n) is 6.92. The van der Waals surface area contributed by atoms with Gasteiger partial charge in [0.1, 0.15) is 0 Å². The molecule has 8 heteroatoms. The highest BCUT2D eigenvalue weighted by atomic mass is 32.1. The fourth-order valence-electron chi connectivity index (χ4n) is 3.02. The lowest BCUT2D eigenvalue weighted by atomic mass is 10.1. The maximum Gasteiger partial charge on any atom is 0.264 e. The molecule has 0 aliphatic carbocycles. The van der Waals surface area contributed by atoms with Crippen LogP contribution in [0.15, 0.2) is 84.2 Å². The van der Waals surface area contributed by atoms with Crippen LogP contribution in [0.1, 0.15) is 10.4 Å². The number of rotatable bonds is 8. The molecule has 0 aliphatic rings. The normalized spacial score (nSPS) is 10.3. The van der Waals surface area contributed by atoms with Crippen LogP contribution in [0.3, 0.4) is 0 Å². The number of carbonyl (C=O) groups excluding carboxylic acids is 2. The Hall–Kier alpha value is -4.17. The van der Waals surface area contributed by atoms with Gasteiger partial charge in [-0.25, -0.2) is 4.98 Å². The Bertz CT molecular complexity index is 1240. The molecule has 0 saturated heterocycles. The van der Waals surface area contributed by atoms with Crippen molar-refractivity contribution in [3.05, 3.63) is 89.8 Å². The van der Waals surface area contributed by atoms with Crippen LogP contribution in [0.25, 0.3) is 11.3 Å². The summed E-state index contributed by atoms with van der Waals surface area (Å²) in [6.07, 6.45) is 0. The molecule has 2 amide bonds. The summed E-state index contributed by atoms with van der Waals surface area (Å²) in [5, 5.41) is 7.94. The van der Waals surface area contributed by atoms with Crippen molar-refractivity contribution in [3.8, 4) is 22.8 Å². The first-order chi connectivity index (χ1) is 16.1. The van der Waals surface area contributed by atoms with Crippen molar-refractivity contribution in [2.75, 3.05) is 24.4 Å².